The van der Waals surface area contributed by atoms with Gasteiger partial charge in [0.15, 0.2) is 11.5 Å². The van der Waals surface area contributed by atoms with Crippen molar-refractivity contribution in [3.8, 4) is 23.0 Å². The maximum Gasteiger partial charge on any atom is 0.240 e. The molecule has 0 atom stereocenters. The fraction of sp³-hybridized carbons (Fsp3) is 0.303. The monoisotopic (exact) mass is 563 g/mol. The third-order valence-electron chi connectivity index (χ3n) is 8.42. The molecule has 8 nitrogen and oxygen atoms in total. The van der Waals surface area contributed by atoms with Gasteiger partial charge in [-0.1, -0.05) is 43.7 Å². The number of amides is 2. The number of nitrogens with zero attached hydrogens (tertiary/aromatic N) is 1. The van der Waals surface area contributed by atoms with Crippen LogP contribution in [0.5, 0.6) is 23.0 Å². The van der Waals surface area contributed by atoms with E-state index in [1.54, 1.807) is 56.8 Å². The summed E-state index contributed by atoms with van der Waals surface area (Å²) in [5.41, 5.74) is 2.21. The molecule has 2 fully saturated rings. The van der Waals surface area contributed by atoms with E-state index in [0.29, 0.717) is 53.8 Å². The zero-order valence-corrected chi connectivity index (χ0v) is 23.9. The molecule has 0 radical (unpaired) electrons. The number of para-hydroxylation sites is 1. The van der Waals surface area contributed by atoms with Crippen LogP contribution in [0.4, 0.5) is 11.4 Å². The first-order chi connectivity index (χ1) is 20.5. The quantitative estimate of drug-likeness (QED) is 0.163. The van der Waals surface area contributed by atoms with Gasteiger partial charge in [-0.05, 0) is 67.2 Å². The SMILES string of the molecule is COc1cc2nccc(Oc3ccc(NC(=O)C4(C(=O)Nc5ccccc5CB5CCCC5)CC4)cc3)c2cc1OC. The number of carbonyl (C=O) groups is 2. The number of fused-ring (bicyclic) bond motifs is 1. The molecule has 0 bridgehead atoms. The number of benzene rings is 3. The van der Waals surface area contributed by atoms with E-state index in [1.165, 1.54) is 25.5 Å². The van der Waals surface area contributed by atoms with Crippen LogP contribution >= 0.6 is 0 Å². The first kappa shape index (κ1) is 27.6. The van der Waals surface area contributed by atoms with E-state index in [9.17, 15) is 9.59 Å². The van der Waals surface area contributed by atoms with E-state index < -0.39 is 5.41 Å². The molecule has 2 aliphatic rings. The number of carbonyl (C=O) groups excluding carboxylic acids is 2. The summed E-state index contributed by atoms with van der Waals surface area (Å²) in [5, 5.41) is 6.79. The minimum absolute atomic E-state index is 0.240. The van der Waals surface area contributed by atoms with Gasteiger partial charge in [0.25, 0.3) is 0 Å². The Labute approximate surface area is 245 Å². The number of ether oxygens (including phenoxy) is 3. The lowest BCUT2D eigenvalue weighted by molar-refractivity contribution is -0.131. The Balaban J connectivity index is 1.11. The van der Waals surface area contributed by atoms with Gasteiger partial charge >= 0.3 is 0 Å². The van der Waals surface area contributed by atoms with E-state index >= 15 is 0 Å². The van der Waals surface area contributed by atoms with Crippen molar-refractivity contribution in [3.63, 3.8) is 0 Å². The zero-order chi connectivity index (χ0) is 29.1. The van der Waals surface area contributed by atoms with Crippen molar-refractivity contribution in [2.24, 2.45) is 5.41 Å². The Morgan fingerprint density at radius 3 is 2.26 bits per heavy atom. The topological polar surface area (TPSA) is 98.8 Å². The van der Waals surface area contributed by atoms with Crippen molar-refractivity contribution in [3.05, 3.63) is 78.5 Å². The molecule has 1 aliphatic heterocycles. The highest BCUT2D eigenvalue weighted by atomic mass is 16.5. The largest absolute Gasteiger partial charge is 0.493 e. The highest BCUT2D eigenvalue weighted by Crippen LogP contribution is 2.48. The molecule has 0 spiro atoms. The molecule has 1 saturated heterocycles. The summed E-state index contributed by atoms with van der Waals surface area (Å²) in [6, 6.07) is 20.5. The van der Waals surface area contributed by atoms with E-state index in [0.717, 1.165) is 23.0 Å². The summed E-state index contributed by atoms with van der Waals surface area (Å²) in [7, 11) is 3.16. The van der Waals surface area contributed by atoms with E-state index in [1.807, 2.05) is 24.3 Å². The number of nitrogens with one attached hydrogen (secondary N) is 2. The summed E-state index contributed by atoms with van der Waals surface area (Å²) in [5.74, 6) is 1.84. The van der Waals surface area contributed by atoms with Crippen LogP contribution in [-0.2, 0) is 15.9 Å². The maximum atomic E-state index is 13.4. The van der Waals surface area contributed by atoms with E-state index in [4.69, 9.17) is 14.2 Å². The molecule has 2 amide bonds. The van der Waals surface area contributed by atoms with Crippen LogP contribution in [-0.4, -0.2) is 37.7 Å². The second-order valence-corrected chi connectivity index (χ2v) is 11.2. The predicted molar refractivity (Wildman–Crippen MR) is 165 cm³/mol. The number of methoxy groups -OCH3 is 2. The molecular formula is C33H34BN3O5. The van der Waals surface area contributed by atoms with Gasteiger partial charge < -0.3 is 24.8 Å². The second kappa shape index (κ2) is 11.8. The summed E-state index contributed by atoms with van der Waals surface area (Å²) in [6.45, 7) is 0.664. The number of aromatic nitrogens is 1. The van der Waals surface area contributed by atoms with Gasteiger partial charge in [0.05, 0.1) is 19.7 Å². The normalized spacial score (nSPS) is 15.2. The average molecular weight is 563 g/mol. The Morgan fingerprint density at radius 2 is 1.55 bits per heavy atom. The molecule has 2 N–H and O–H groups in total. The smallest absolute Gasteiger partial charge is 0.240 e. The summed E-state index contributed by atoms with van der Waals surface area (Å²) >= 11 is 0. The third-order valence-corrected chi connectivity index (χ3v) is 8.42. The Hall–Kier alpha value is -4.53. The zero-order valence-electron chi connectivity index (χ0n) is 23.9. The van der Waals surface area contributed by atoms with Gasteiger partial charge in [-0.3, -0.25) is 14.6 Å². The van der Waals surface area contributed by atoms with Crippen molar-refractivity contribution in [2.45, 2.75) is 44.6 Å². The summed E-state index contributed by atoms with van der Waals surface area (Å²) in [4.78, 5) is 31.1. The third kappa shape index (κ3) is 5.64. The van der Waals surface area contributed by atoms with Crippen molar-refractivity contribution in [2.75, 3.05) is 24.9 Å². The Bertz CT molecular complexity index is 1610. The fourth-order valence-electron chi connectivity index (χ4n) is 5.79. The summed E-state index contributed by atoms with van der Waals surface area (Å²) < 4.78 is 17.0. The lowest BCUT2D eigenvalue weighted by atomic mass is 9.45. The number of hydrogen-bond donors (Lipinski definition) is 2. The Kier molecular flexibility index (Phi) is 7.74. The first-order valence-corrected chi connectivity index (χ1v) is 14.5. The molecule has 9 heteroatoms. The second-order valence-electron chi connectivity index (χ2n) is 11.2. The van der Waals surface area contributed by atoms with E-state index in [2.05, 4.69) is 21.7 Å². The van der Waals surface area contributed by atoms with Crippen LogP contribution in [0.15, 0.2) is 72.9 Å². The standard InChI is InChI=1S/C33H34BN3O5/c1-40-29-19-25-27(20-30(29)41-2)35-18-13-28(25)42-24-11-9-23(10-12-24)36-31(38)33(14-15-33)32(39)37-26-8-4-3-7-22(26)21-34-16-5-6-17-34/h3-4,7-13,18-20H,5-6,14-17,21H2,1-2H3,(H,36,38)(H,37,39). The molecule has 1 aliphatic carbocycles. The van der Waals surface area contributed by atoms with Gasteiger partial charge in [0, 0.05) is 29.0 Å². The van der Waals surface area contributed by atoms with Crippen molar-refractivity contribution < 1.29 is 23.8 Å². The lowest BCUT2D eigenvalue weighted by Crippen LogP contribution is -2.36. The van der Waals surface area contributed by atoms with Gasteiger partial charge in [-0.2, -0.15) is 0 Å². The van der Waals surface area contributed by atoms with E-state index in [-0.39, 0.29) is 11.8 Å². The van der Waals surface area contributed by atoms with Gasteiger partial charge in [0.1, 0.15) is 23.6 Å². The molecular weight excluding hydrogens is 529 g/mol. The number of pyridine rings is 1. The molecule has 1 saturated carbocycles. The molecule has 42 heavy (non-hydrogen) atoms. The number of rotatable bonds is 10. The van der Waals surface area contributed by atoms with Crippen LogP contribution in [0.2, 0.25) is 12.6 Å². The van der Waals surface area contributed by atoms with Gasteiger partial charge in [-0.15, -0.1) is 0 Å². The van der Waals surface area contributed by atoms with Crippen LogP contribution < -0.4 is 24.8 Å². The van der Waals surface area contributed by atoms with Crippen LogP contribution in [0.25, 0.3) is 10.9 Å². The average Bonchev–Trinajstić information content (AvgIpc) is 3.68. The number of anilines is 2. The highest BCUT2D eigenvalue weighted by molar-refractivity contribution is 6.59. The van der Waals surface area contributed by atoms with Crippen molar-refractivity contribution in [1.29, 1.82) is 0 Å². The number of hydrogen-bond acceptors (Lipinski definition) is 6. The first-order valence-electron chi connectivity index (χ1n) is 14.5. The fourth-order valence-corrected chi connectivity index (χ4v) is 5.79. The minimum atomic E-state index is -1.05. The Morgan fingerprint density at radius 1 is 0.857 bits per heavy atom. The van der Waals surface area contributed by atoms with Gasteiger partial charge in [-0.25, -0.2) is 0 Å². The van der Waals surface area contributed by atoms with Crippen molar-refractivity contribution in [1.82, 2.24) is 4.98 Å². The summed E-state index contributed by atoms with van der Waals surface area (Å²) in [6.07, 6.45) is 8.72. The molecule has 3 aromatic carbocycles. The van der Waals surface area contributed by atoms with Crippen molar-refractivity contribution >= 4 is 40.8 Å². The molecule has 4 aromatic rings. The van der Waals surface area contributed by atoms with Crippen LogP contribution in [0.3, 0.4) is 0 Å². The molecule has 6 rings (SSSR count). The van der Waals surface area contributed by atoms with Crippen LogP contribution in [0.1, 0.15) is 31.2 Å². The van der Waals surface area contributed by atoms with Gasteiger partial charge in [0.2, 0.25) is 11.8 Å². The highest BCUT2D eigenvalue weighted by Gasteiger charge is 2.56. The van der Waals surface area contributed by atoms with Crippen LogP contribution in [0, 0.1) is 5.41 Å². The lowest BCUT2D eigenvalue weighted by Gasteiger charge is -2.18. The molecule has 0 unspecified atom stereocenters. The predicted octanol–water partition coefficient (Wildman–Crippen LogP) is 6.77. The minimum Gasteiger partial charge on any atom is -0.493 e. The molecule has 1 aromatic heterocycles. The molecule has 2 heterocycles. The maximum absolute atomic E-state index is 13.4. The molecule has 214 valence electrons.